The van der Waals surface area contributed by atoms with Crippen LogP contribution in [-0.2, 0) is 26.1 Å². The molecule has 1 fully saturated rings. The standard InChI is InChI=1S/C24H25NO8S/c1-3-31-24(27)22-18(17-8-4-5-9-19(17)33-22)15-32-23(26)16-10-11-20(30-2)21(14-16)34(28,29)25-12-6-7-13-25/h4-5,8-11,14H,3,6-7,12-13,15H2,1-2H3. The average molecular weight is 488 g/mol. The Kier molecular flexibility index (Phi) is 6.90. The summed E-state index contributed by atoms with van der Waals surface area (Å²) in [4.78, 5) is 25.1. The zero-order valence-electron chi connectivity index (χ0n) is 18.9. The Balaban J connectivity index is 1.61. The fourth-order valence-corrected chi connectivity index (χ4v) is 5.60. The van der Waals surface area contributed by atoms with Gasteiger partial charge in [0, 0.05) is 18.5 Å². The first-order valence-corrected chi connectivity index (χ1v) is 12.3. The van der Waals surface area contributed by atoms with E-state index in [0.717, 1.165) is 12.8 Å². The second-order valence-electron chi connectivity index (χ2n) is 7.68. The van der Waals surface area contributed by atoms with E-state index >= 15 is 0 Å². The Morgan fingerprint density at radius 3 is 2.47 bits per heavy atom. The monoisotopic (exact) mass is 487 g/mol. The van der Waals surface area contributed by atoms with E-state index in [0.29, 0.717) is 29.6 Å². The summed E-state index contributed by atoms with van der Waals surface area (Å²) >= 11 is 0. The highest BCUT2D eigenvalue weighted by molar-refractivity contribution is 7.89. The largest absolute Gasteiger partial charge is 0.495 e. The Morgan fingerprint density at radius 2 is 1.76 bits per heavy atom. The summed E-state index contributed by atoms with van der Waals surface area (Å²) in [6, 6.07) is 11.1. The number of methoxy groups -OCH3 is 1. The van der Waals surface area contributed by atoms with Gasteiger partial charge in [-0.2, -0.15) is 4.31 Å². The molecule has 0 N–H and O–H groups in total. The number of fused-ring (bicyclic) bond motifs is 1. The molecule has 0 amide bonds. The predicted octanol–water partition coefficient (Wildman–Crippen LogP) is 3.76. The van der Waals surface area contributed by atoms with Crippen molar-refractivity contribution in [2.24, 2.45) is 0 Å². The Morgan fingerprint density at radius 1 is 1.03 bits per heavy atom. The molecule has 0 aliphatic carbocycles. The molecule has 0 spiro atoms. The normalized spacial score (nSPS) is 14.3. The van der Waals surface area contributed by atoms with Gasteiger partial charge < -0.3 is 18.6 Å². The zero-order valence-corrected chi connectivity index (χ0v) is 19.7. The molecule has 180 valence electrons. The molecule has 34 heavy (non-hydrogen) atoms. The zero-order chi connectivity index (χ0) is 24.3. The fraction of sp³-hybridized carbons (Fsp3) is 0.333. The molecular formula is C24H25NO8S. The van der Waals surface area contributed by atoms with E-state index in [4.69, 9.17) is 18.6 Å². The van der Waals surface area contributed by atoms with Gasteiger partial charge in [0.25, 0.3) is 0 Å². The van der Waals surface area contributed by atoms with Crippen molar-refractivity contribution in [1.82, 2.24) is 4.31 Å². The number of hydrogen-bond acceptors (Lipinski definition) is 8. The number of esters is 2. The number of carbonyl (C=O) groups excluding carboxylic acids is 2. The van der Waals surface area contributed by atoms with Crippen molar-refractivity contribution in [3.05, 3.63) is 59.4 Å². The van der Waals surface area contributed by atoms with Crippen LogP contribution in [0, 0.1) is 0 Å². The number of rotatable bonds is 8. The maximum absolute atomic E-state index is 13.1. The van der Waals surface area contributed by atoms with Crippen LogP contribution in [0.15, 0.2) is 51.8 Å². The van der Waals surface area contributed by atoms with Gasteiger partial charge in [-0.25, -0.2) is 18.0 Å². The smallest absolute Gasteiger partial charge is 0.374 e. The van der Waals surface area contributed by atoms with E-state index in [1.165, 1.54) is 29.6 Å². The third-order valence-electron chi connectivity index (χ3n) is 5.59. The molecule has 0 saturated carbocycles. The Bertz CT molecular complexity index is 1320. The summed E-state index contributed by atoms with van der Waals surface area (Å²) in [6.07, 6.45) is 1.56. The SMILES string of the molecule is CCOC(=O)c1oc2ccccc2c1COC(=O)c1ccc(OC)c(S(=O)(=O)N2CCCC2)c1. The van der Waals surface area contributed by atoms with Gasteiger partial charge in [0.2, 0.25) is 15.8 Å². The molecule has 0 unspecified atom stereocenters. The first-order valence-electron chi connectivity index (χ1n) is 10.9. The molecular weight excluding hydrogens is 462 g/mol. The highest BCUT2D eigenvalue weighted by Crippen LogP contribution is 2.31. The van der Waals surface area contributed by atoms with E-state index < -0.39 is 22.0 Å². The quantitative estimate of drug-likeness (QED) is 0.442. The summed E-state index contributed by atoms with van der Waals surface area (Å²) in [5, 5.41) is 0.616. The molecule has 0 atom stereocenters. The van der Waals surface area contributed by atoms with Crippen LogP contribution in [0.5, 0.6) is 5.75 Å². The van der Waals surface area contributed by atoms with Crippen LogP contribution >= 0.6 is 0 Å². The third kappa shape index (κ3) is 4.51. The van der Waals surface area contributed by atoms with Gasteiger partial charge in [-0.3, -0.25) is 0 Å². The summed E-state index contributed by atoms with van der Waals surface area (Å²) < 4.78 is 49.0. The molecule has 0 radical (unpaired) electrons. The van der Waals surface area contributed by atoms with Crippen LogP contribution in [0.4, 0.5) is 0 Å². The molecule has 1 aromatic heterocycles. The first kappa shape index (κ1) is 23.8. The average Bonchev–Trinajstić information content (AvgIpc) is 3.51. The van der Waals surface area contributed by atoms with Gasteiger partial charge in [0.05, 0.1) is 24.8 Å². The Hall–Kier alpha value is -3.37. The first-order chi connectivity index (χ1) is 16.4. The van der Waals surface area contributed by atoms with Crippen molar-refractivity contribution in [1.29, 1.82) is 0 Å². The number of para-hydroxylation sites is 1. The molecule has 2 aromatic carbocycles. The highest BCUT2D eigenvalue weighted by Gasteiger charge is 2.31. The minimum absolute atomic E-state index is 0.0390. The van der Waals surface area contributed by atoms with Crippen LogP contribution < -0.4 is 4.74 Å². The summed E-state index contributed by atoms with van der Waals surface area (Å²) in [7, 11) is -2.45. The lowest BCUT2D eigenvalue weighted by Gasteiger charge is -2.18. The van der Waals surface area contributed by atoms with Crippen molar-refractivity contribution in [2.75, 3.05) is 26.8 Å². The lowest BCUT2D eigenvalue weighted by molar-refractivity contribution is 0.0435. The maximum atomic E-state index is 13.1. The van der Waals surface area contributed by atoms with Crippen molar-refractivity contribution in [3.8, 4) is 5.75 Å². The second kappa shape index (κ2) is 9.86. The molecule has 1 saturated heterocycles. The molecule has 2 heterocycles. The third-order valence-corrected chi connectivity index (χ3v) is 7.51. The lowest BCUT2D eigenvalue weighted by atomic mass is 10.1. The van der Waals surface area contributed by atoms with Crippen molar-refractivity contribution in [2.45, 2.75) is 31.3 Å². The number of nitrogens with zero attached hydrogens (tertiary/aromatic N) is 1. The summed E-state index contributed by atoms with van der Waals surface area (Å²) in [5.41, 5.74) is 0.880. The maximum Gasteiger partial charge on any atom is 0.374 e. The molecule has 10 heteroatoms. The summed E-state index contributed by atoms with van der Waals surface area (Å²) in [6.45, 7) is 2.42. The molecule has 4 rings (SSSR count). The van der Waals surface area contributed by atoms with Crippen LogP contribution in [0.1, 0.15) is 46.2 Å². The van der Waals surface area contributed by atoms with Crippen LogP contribution in [0.25, 0.3) is 11.0 Å². The summed E-state index contributed by atoms with van der Waals surface area (Å²) in [5.74, 6) is -1.30. The topological polar surface area (TPSA) is 112 Å². The van der Waals surface area contributed by atoms with Gasteiger partial charge in [-0.15, -0.1) is 0 Å². The van der Waals surface area contributed by atoms with E-state index in [1.54, 1.807) is 31.2 Å². The van der Waals surface area contributed by atoms with Crippen molar-refractivity contribution >= 4 is 32.9 Å². The van der Waals surface area contributed by atoms with E-state index in [1.807, 2.05) is 0 Å². The van der Waals surface area contributed by atoms with E-state index in [-0.39, 0.29) is 35.2 Å². The number of ether oxygens (including phenoxy) is 3. The number of hydrogen-bond donors (Lipinski definition) is 0. The molecule has 9 nitrogen and oxygen atoms in total. The Labute approximate surface area is 197 Å². The predicted molar refractivity (Wildman–Crippen MR) is 122 cm³/mol. The van der Waals surface area contributed by atoms with Gasteiger partial charge in [0.1, 0.15) is 22.8 Å². The number of carbonyl (C=O) groups is 2. The highest BCUT2D eigenvalue weighted by atomic mass is 32.2. The van der Waals surface area contributed by atoms with E-state index in [2.05, 4.69) is 0 Å². The van der Waals surface area contributed by atoms with Crippen LogP contribution in [-0.4, -0.2) is 51.5 Å². The molecule has 1 aliphatic heterocycles. The van der Waals surface area contributed by atoms with Gasteiger partial charge in [-0.1, -0.05) is 18.2 Å². The van der Waals surface area contributed by atoms with E-state index in [9.17, 15) is 18.0 Å². The minimum Gasteiger partial charge on any atom is -0.495 e. The van der Waals surface area contributed by atoms with Crippen LogP contribution in [0.3, 0.4) is 0 Å². The van der Waals surface area contributed by atoms with Crippen molar-refractivity contribution < 1.29 is 36.6 Å². The minimum atomic E-state index is -3.82. The number of furan rings is 1. The van der Waals surface area contributed by atoms with Crippen molar-refractivity contribution in [3.63, 3.8) is 0 Å². The molecule has 3 aromatic rings. The number of sulfonamides is 1. The van der Waals surface area contributed by atoms with Gasteiger partial charge >= 0.3 is 11.9 Å². The van der Waals surface area contributed by atoms with Gasteiger partial charge in [0.15, 0.2) is 0 Å². The van der Waals surface area contributed by atoms with Crippen LogP contribution in [0.2, 0.25) is 0 Å². The fourth-order valence-electron chi connectivity index (χ4n) is 3.90. The molecule has 1 aliphatic rings. The molecule has 0 bridgehead atoms. The number of benzene rings is 2. The lowest BCUT2D eigenvalue weighted by Crippen LogP contribution is -2.28. The van der Waals surface area contributed by atoms with Gasteiger partial charge in [-0.05, 0) is 44.0 Å². The second-order valence-corrected chi connectivity index (χ2v) is 9.59.